The molecule has 4 heteroatoms. The molecule has 1 aliphatic carbocycles. The summed E-state index contributed by atoms with van der Waals surface area (Å²) in [6, 6.07) is 0. The fourth-order valence-corrected chi connectivity index (χ4v) is 2.97. The number of hydrogen-bond acceptors (Lipinski definition) is 4. The average molecular weight is 266 g/mol. The normalized spacial score (nSPS) is 41.6. The summed E-state index contributed by atoms with van der Waals surface area (Å²) in [5, 5.41) is 19.7. The van der Waals surface area contributed by atoms with Crippen molar-refractivity contribution in [2.24, 2.45) is 11.8 Å². The number of aliphatic hydroxyl groups excluding tert-OH is 2. The van der Waals surface area contributed by atoms with Crippen LogP contribution in [0.3, 0.4) is 0 Å². The summed E-state index contributed by atoms with van der Waals surface area (Å²) in [5.74, 6) is -0.782. The van der Waals surface area contributed by atoms with E-state index in [-0.39, 0.29) is 30.5 Å². The van der Waals surface area contributed by atoms with E-state index in [2.05, 4.69) is 0 Å². The van der Waals surface area contributed by atoms with Crippen molar-refractivity contribution in [1.29, 1.82) is 0 Å². The maximum atomic E-state index is 11.7. The van der Waals surface area contributed by atoms with Crippen LogP contribution in [0, 0.1) is 11.8 Å². The van der Waals surface area contributed by atoms with Crippen LogP contribution in [0.5, 0.6) is 0 Å². The zero-order chi connectivity index (χ0) is 14.0. The molecule has 4 nitrogen and oxygen atoms in total. The van der Waals surface area contributed by atoms with E-state index < -0.39 is 6.10 Å². The van der Waals surface area contributed by atoms with Gasteiger partial charge in [-0.15, -0.1) is 0 Å². The second-order valence-corrected chi connectivity index (χ2v) is 5.61. The molecule has 2 N–H and O–H groups in total. The molecule has 19 heavy (non-hydrogen) atoms. The van der Waals surface area contributed by atoms with Crippen LogP contribution in [-0.4, -0.2) is 35.0 Å². The number of esters is 1. The quantitative estimate of drug-likeness (QED) is 0.558. The van der Waals surface area contributed by atoms with Crippen molar-refractivity contribution in [3.63, 3.8) is 0 Å². The highest BCUT2D eigenvalue weighted by atomic mass is 16.6. The van der Waals surface area contributed by atoms with Gasteiger partial charge in [0.1, 0.15) is 6.10 Å². The van der Waals surface area contributed by atoms with Gasteiger partial charge < -0.3 is 14.9 Å². The van der Waals surface area contributed by atoms with Gasteiger partial charge in [0.2, 0.25) is 0 Å². The third-order valence-corrected chi connectivity index (χ3v) is 4.13. The first-order valence-electron chi connectivity index (χ1n) is 6.87. The van der Waals surface area contributed by atoms with Gasteiger partial charge in [-0.25, -0.2) is 0 Å². The molecule has 0 amide bonds. The number of aliphatic hydroxyl groups is 2. The van der Waals surface area contributed by atoms with Gasteiger partial charge in [-0.3, -0.25) is 4.79 Å². The molecule has 0 bridgehead atoms. The molecule has 106 valence electrons. The Labute approximate surface area is 113 Å². The molecule has 0 spiro atoms. The number of allylic oxidation sites excluding steroid dienone is 2. The van der Waals surface area contributed by atoms with E-state index in [4.69, 9.17) is 4.74 Å². The van der Waals surface area contributed by atoms with Gasteiger partial charge in [0.15, 0.2) is 0 Å². The Morgan fingerprint density at radius 1 is 1.47 bits per heavy atom. The number of fused-ring (bicyclic) bond motifs is 1. The Balaban J connectivity index is 2.30. The summed E-state index contributed by atoms with van der Waals surface area (Å²) < 4.78 is 5.37. The molecule has 0 saturated carbocycles. The Morgan fingerprint density at radius 3 is 2.89 bits per heavy atom. The number of ether oxygens (including phenoxy) is 1. The third-order valence-electron chi connectivity index (χ3n) is 4.13. The van der Waals surface area contributed by atoms with Crippen LogP contribution in [0.15, 0.2) is 23.3 Å². The summed E-state index contributed by atoms with van der Waals surface area (Å²) in [7, 11) is 0. The summed E-state index contributed by atoms with van der Waals surface area (Å²) in [6.07, 6.45) is 5.08. The molecule has 1 saturated heterocycles. The van der Waals surface area contributed by atoms with E-state index in [0.29, 0.717) is 6.42 Å². The monoisotopic (exact) mass is 266 g/mol. The van der Waals surface area contributed by atoms with Gasteiger partial charge in [0.25, 0.3) is 0 Å². The maximum Gasteiger partial charge on any atom is 0.309 e. The highest BCUT2D eigenvalue weighted by Gasteiger charge is 2.45. The maximum absolute atomic E-state index is 11.7. The summed E-state index contributed by atoms with van der Waals surface area (Å²) >= 11 is 0. The molecule has 4 atom stereocenters. The second-order valence-electron chi connectivity index (χ2n) is 5.61. The predicted molar refractivity (Wildman–Crippen MR) is 71.3 cm³/mol. The molecule has 1 fully saturated rings. The fraction of sp³-hybridized carbons (Fsp3) is 0.667. The standard InChI is InChI=1S/C15H22O4/c1-9-4-3-5-11(8-16)7-13-14(12(17)6-9)10(2)15(18)19-13/h5-6,10,12-14,16-17H,3-4,7-8H2,1-2H3/b9-6-,11-5-/t10-,12-,13+,14+/m1/s1. The highest BCUT2D eigenvalue weighted by Crippen LogP contribution is 2.36. The summed E-state index contributed by atoms with van der Waals surface area (Å²) in [4.78, 5) is 11.7. The minimum atomic E-state index is -0.663. The van der Waals surface area contributed by atoms with E-state index in [9.17, 15) is 15.0 Å². The zero-order valence-electron chi connectivity index (χ0n) is 11.5. The largest absolute Gasteiger partial charge is 0.461 e. The predicted octanol–water partition coefficient (Wildman–Crippen LogP) is 1.57. The smallest absolute Gasteiger partial charge is 0.309 e. The van der Waals surface area contributed by atoms with Crippen LogP contribution in [0.2, 0.25) is 0 Å². The second kappa shape index (κ2) is 5.88. The van der Waals surface area contributed by atoms with Crippen molar-refractivity contribution in [2.45, 2.75) is 45.3 Å². The molecule has 0 unspecified atom stereocenters. The van der Waals surface area contributed by atoms with Crippen molar-refractivity contribution in [3.05, 3.63) is 23.3 Å². The molecule has 1 heterocycles. The van der Waals surface area contributed by atoms with Crippen LogP contribution in [0.4, 0.5) is 0 Å². The molecular weight excluding hydrogens is 244 g/mol. The fourth-order valence-electron chi connectivity index (χ4n) is 2.97. The topological polar surface area (TPSA) is 66.8 Å². The van der Waals surface area contributed by atoms with Crippen LogP contribution >= 0.6 is 0 Å². The van der Waals surface area contributed by atoms with Gasteiger partial charge in [0.05, 0.1) is 18.6 Å². The lowest BCUT2D eigenvalue weighted by atomic mass is 9.82. The summed E-state index contributed by atoms with van der Waals surface area (Å²) in [5.41, 5.74) is 1.99. The Bertz CT molecular complexity index is 410. The Hall–Kier alpha value is -1.13. The van der Waals surface area contributed by atoms with Crippen molar-refractivity contribution in [3.8, 4) is 0 Å². The molecule has 0 aromatic carbocycles. The van der Waals surface area contributed by atoms with Crippen LogP contribution in [-0.2, 0) is 9.53 Å². The van der Waals surface area contributed by atoms with Crippen LogP contribution in [0.1, 0.15) is 33.1 Å². The minimum absolute atomic E-state index is 0.0198. The van der Waals surface area contributed by atoms with Crippen LogP contribution < -0.4 is 0 Å². The van der Waals surface area contributed by atoms with E-state index in [1.54, 1.807) is 6.92 Å². The van der Waals surface area contributed by atoms with Crippen molar-refractivity contribution < 1.29 is 19.7 Å². The average Bonchev–Trinajstić information content (AvgIpc) is 2.63. The van der Waals surface area contributed by atoms with Crippen molar-refractivity contribution in [1.82, 2.24) is 0 Å². The lowest BCUT2D eigenvalue weighted by molar-refractivity contribution is -0.143. The number of carbonyl (C=O) groups is 1. The molecule has 2 aliphatic rings. The van der Waals surface area contributed by atoms with Gasteiger partial charge in [0, 0.05) is 12.3 Å². The molecule has 2 rings (SSSR count). The zero-order valence-corrected chi connectivity index (χ0v) is 11.5. The number of hydrogen-bond donors (Lipinski definition) is 2. The highest BCUT2D eigenvalue weighted by molar-refractivity contribution is 5.75. The van der Waals surface area contributed by atoms with Crippen LogP contribution in [0.25, 0.3) is 0 Å². The molecule has 0 radical (unpaired) electrons. The van der Waals surface area contributed by atoms with Gasteiger partial charge in [-0.05, 0) is 25.3 Å². The molecule has 0 aromatic heterocycles. The summed E-state index contributed by atoms with van der Waals surface area (Å²) in [6.45, 7) is 3.76. The van der Waals surface area contributed by atoms with Gasteiger partial charge >= 0.3 is 5.97 Å². The minimum Gasteiger partial charge on any atom is -0.461 e. The number of rotatable bonds is 1. The molecular formula is C15H22O4. The van der Waals surface area contributed by atoms with Crippen molar-refractivity contribution in [2.75, 3.05) is 6.61 Å². The molecule has 0 aromatic rings. The Morgan fingerprint density at radius 2 is 2.21 bits per heavy atom. The SMILES string of the molecule is C/C1=C/[C@@H](O)[C@H]2[C@H](C/C(CO)=C/CC1)OC(=O)[C@@H]2C. The van der Waals surface area contributed by atoms with E-state index in [0.717, 1.165) is 24.0 Å². The number of carbonyl (C=O) groups excluding carboxylic acids is 1. The first-order valence-corrected chi connectivity index (χ1v) is 6.87. The van der Waals surface area contributed by atoms with Gasteiger partial charge in [-0.2, -0.15) is 0 Å². The van der Waals surface area contributed by atoms with E-state index in [1.807, 2.05) is 19.1 Å². The van der Waals surface area contributed by atoms with E-state index in [1.165, 1.54) is 0 Å². The first-order chi connectivity index (χ1) is 9.02. The first kappa shape index (κ1) is 14.3. The van der Waals surface area contributed by atoms with Gasteiger partial charge in [-0.1, -0.05) is 24.6 Å². The third kappa shape index (κ3) is 3.07. The van der Waals surface area contributed by atoms with E-state index >= 15 is 0 Å². The van der Waals surface area contributed by atoms with Crippen molar-refractivity contribution >= 4 is 5.97 Å². The lowest BCUT2D eigenvalue weighted by Gasteiger charge is -2.24. The lowest BCUT2D eigenvalue weighted by Crippen LogP contribution is -2.31. The Kier molecular flexibility index (Phi) is 4.42. The molecule has 1 aliphatic heterocycles.